The Hall–Kier alpha value is -2.93. The first-order valence-electron chi connectivity index (χ1n) is 8.95. The Bertz CT molecular complexity index is 1030. The zero-order chi connectivity index (χ0) is 21.9. The molecule has 9 heteroatoms. The lowest BCUT2D eigenvalue weighted by molar-refractivity contribution is 0.275. The zero-order valence-corrected chi connectivity index (χ0v) is 17.9. The summed E-state index contributed by atoms with van der Waals surface area (Å²) in [6.07, 6.45) is 6.04. The summed E-state index contributed by atoms with van der Waals surface area (Å²) in [6, 6.07) is 7.05. The van der Waals surface area contributed by atoms with Crippen molar-refractivity contribution in [3.05, 3.63) is 59.2 Å². The summed E-state index contributed by atoms with van der Waals surface area (Å²) in [5.74, 6) is 1.68. The Morgan fingerprint density at radius 3 is 2.03 bits per heavy atom. The molecule has 1 aliphatic rings. The van der Waals surface area contributed by atoms with Gasteiger partial charge >= 0.3 is 7.82 Å². The molecule has 0 aromatic heterocycles. The van der Waals surface area contributed by atoms with E-state index in [1.54, 1.807) is 6.07 Å². The van der Waals surface area contributed by atoms with Crippen molar-refractivity contribution >= 4 is 13.4 Å². The minimum Gasteiger partial charge on any atom is -0.493 e. The van der Waals surface area contributed by atoms with Gasteiger partial charge in [0.25, 0.3) is 0 Å². The van der Waals surface area contributed by atoms with Crippen LogP contribution in [0, 0.1) is 0 Å². The van der Waals surface area contributed by atoms with Crippen LogP contribution in [0.4, 0.5) is 0 Å². The highest BCUT2D eigenvalue weighted by Crippen LogP contribution is 2.48. The van der Waals surface area contributed by atoms with E-state index in [-0.39, 0.29) is 11.5 Å². The van der Waals surface area contributed by atoms with E-state index in [1.165, 1.54) is 28.4 Å². The average molecular weight is 434 g/mol. The molecule has 2 aromatic carbocycles. The molecule has 0 spiro atoms. The van der Waals surface area contributed by atoms with Gasteiger partial charge in [-0.15, -0.1) is 0 Å². The zero-order valence-electron chi connectivity index (χ0n) is 17.0. The second kappa shape index (κ2) is 8.83. The lowest BCUT2D eigenvalue weighted by Gasteiger charge is -2.20. The summed E-state index contributed by atoms with van der Waals surface area (Å²) in [4.78, 5) is 18.8. The predicted octanol–water partition coefficient (Wildman–Crippen LogP) is 3.74. The van der Waals surface area contributed by atoms with Gasteiger partial charge in [-0.2, -0.15) is 0 Å². The third kappa shape index (κ3) is 4.31. The van der Waals surface area contributed by atoms with Gasteiger partial charge in [-0.05, 0) is 41.3 Å². The third-order valence-corrected chi connectivity index (χ3v) is 5.06. The van der Waals surface area contributed by atoms with E-state index in [4.69, 9.17) is 23.5 Å². The van der Waals surface area contributed by atoms with E-state index in [1.807, 2.05) is 36.4 Å². The maximum atomic E-state index is 11.6. The van der Waals surface area contributed by atoms with Crippen LogP contribution in [0.3, 0.4) is 0 Å². The maximum absolute atomic E-state index is 11.6. The van der Waals surface area contributed by atoms with Gasteiger partial charge in [-0.3, -0.25) is 9.79 Å². The van der Waals surface area contributed by atoms with Crippen molar-refractivity contribution in [1.29, 1.82) is 0 Å². The molecule has 0 fully saturated rings. The van der Waals surface area contributed by atoms with E-state index in [2.05, 4.69) is 0 Å². The summed E-state index contributed by atoms with van der Waals surface area (Å²) in [7, 11) is 1.22. The fourth-order valence-electron chi connectivity index (χ4n) is 3.37. The van der Waals surface area contributed by atoms with Gasteiger partial charge < -0.3 is 23.5 Å². The van der Waals surface area contributed by atoms with E-state index in [9.17, 15) is 14.4 Å². The molecule has 2 aromatic rings. The molecule has 0 radical (unpaired) electrons. The molecule has 0 unspecified atom stereocenters. The Morgan fingerprint density at radius 2 is 1.50 bits per heavy atom. The first-order chi connectivity index (χ1) is 14.3. The van der Waals surface area contributed by atoms with Crippen LogP contribution in [0.15, 0.2) is 42.5 Å². The Labute approximate surface area is 174 Å². The summed E-state index contributed by atoms with van der Waals surface area (Å²) >= 11 is 0. The standard InChI is InChI=1S/C21H23O8P/c1-25-17-10-9-15-14(7-5-6-8-16(15)20(17)29-30(22,23)24)13-11-18(26-2)21(28-4)19(12-13)27-3/h5-7,9-12H,8H2,1-4H3,(H2,22,23,24). The molecule has 1 aliphatic carbocycles. The van der Waals surface area contributed by atoms with Crippen LogP contribution in [0.5, 0.6) is 28.7 Å². The molecule has 0 amide bonds. The maximum Gasteiger partial charge on any atom is 0.524 e. The Balaban J connectivity index is 2.24. The fourth-order valence-corrected chi connectivity index (χ4v) is 3.81. The van der Waals surface area contributed by atoms with Crippen LogP contribution in [-0.2, 0) is 11.0 Å². The number of ether oxygens (including phenoxy) is 4. The quantitative estimate of drug-likeness (QED) is 0.636. The van der Waals surface area contributed by atoms with E-state index >= 15 is 0 Å². The smallest absolute Gasteiger partial charge is 0.493 e. The lowest BCUT2D eigenvalue weighted by atomic mass is 9.92. The number of fused-ring (bicyclic) bond motifs is 1. The van der Waals surface area contributed by atoms with E-state index in [0.717, 1.165) is 16.7 Å². The summed E-state index contributed by atoms with van der Waals surface area (Å²) in [5, 5.41) is 0. The van der Waals surface area contributed by atoms with Crippen LogP contribution in [-0.4, -0.2) is 38.2 Å². The number of hydrogen-bond acceptors (Lipinski definition) is 6. The van der Waals surface area contributed by atoms with Crippen molar-refractivity contribution in [2.75, 3.05) is 28.4 Å². The van der Waals surface area contributed by atoms with Gasteiger partial charge in [0.15, 0.2) is 23.0 Å². The molecule has 8 nitrogen and oxygen atoms in total. The molecule has 0 saturated carbocycles. The molecule has 30 heavy (non-hydrogen) atoms. The highest BCUT2D eigenvalue weighted by atomic mass is 31.2. The first-order valence-corrected chi connectivity index (χ1v) is 10.5. The number of hydrogen-bond donors (Lipinski definition) is 2. The van der Waals surface area contributed by atoms with Crippen molar-refractivity contribution in [1.82, 2.24) is 0 Å². The largest absolute Gasteiger partial charge is 0.524 e. The summed E-state index contributed by atoms with van der Waals surface area (Å²) < 4.78 is 38.1. The topological polar surface area (TPSA) is 104 Å². The Morgan fingerprint density at radius 1 is 0.867 bits per heavy atom. The fraction of sp³-hybridized carbons (Fsp3) is 0.238. The molecule has 160 valence electrons. The number of benzene rings is 2. The second-order valence-electron chi connectivity index (χ2n) is 6.33. The first kappa shape index (κ1) is 21.8. The molecule has 0 heterocycles. The van der Waals surface area contributed by atoms with Gasteiger partial charge in [0, 0.05) is 5.56 Å². The van der Waals surface area contributed by atoms with Gasteiger partial charge in [-0.1, -0.05) is 24.3 Å². The van der Waals surface area contributed by atoms with Crippen LogP contribution in [0.1, 0.15) is 16.7 Å². The van der Waals surface area contributed by atoms with Crippen molar-refractivity contribution in [2.24, 2.45) is 0 Å². The normalized spacial score (nSPS) is 13.1. The predicted molar refractivity (Wildman–Crippen MR) is 112 cm³/mol. The number of methoxy groups -OCH3 is 4. The number of allylic oxidation sites excluding steroid dienone is 3. The van der Waals surface area contributed by atoms with Crippen molar-refractivity contribution in [3.63, 3.8) is 0 Å². The molecular formula is C21H23O8P. The summed E-state index contributed by atoms with van der Waals surface area (Å²) in [5.41, 5.74) is 2.88. The molecule has 0 bridgehead atoms. The van der Waals surface area contributed by atoms with Gasteiger partial charge in [0.2, 0.25) is 5.75 Å². The Kier molecular flexibility index (Phi) is 6.41. The van der Waals surface area contributed by atoms with E-state index in [0.29, 0.717) is 29.2 Å². The summed E-state index contributed by atoms with van der Waals surface area (Å²) in [6.45, 7) is 0. The molecule has 0 saturated heterocycles. The molecule has 2 N–H and O–H groups in total. The monoisotopic (exact) mass is 434 g/mol. The third-order valence-electron chi connectivity index (χ3n) is 4.64. The van der Waals surface area contributed by atoms with Gasteiger partial charge in [-0.25, -0.2) is 4.57 Å². The van der Waals surface area contributed by atoms with Crippen molar-refractivity contribution in [3.8, 4) is 28.7 Å². The van der Waals surface area contributed by atoms with Crippen molar-refractivity contribution in [2.45, 2.75) is 6.42 Å². The molecule has 0 aliphatic heterocycles. The van der Waals surface area contributed by atoms with Crippen LogP contribution < -0.4 is 23.5 Å². The lowest BCUT2D eigenvalue weighted by Crippen LogP contribution is -2.03. The van der Waals surface area contributed by atoms with Crippen molar-refractivity contribution < 1.29 is 37.8 Å². The number of phosphoric acid groups is 1. The minimum atomic E-state index is -4.80. The highest BCUT2D eigenvalue weighted by molar-refractivity contribution is 7.46. The van der Waals surface area contributed by atoms with E-state index < -0.39 is 7.82 Å². The minimum absolute atomic E-state index is 0.00762. The van der Waals surface area contributed by atoms with Gasteiger partial charge in [0.1, 0.15) is 0 Å². The van der Waals surface area contributed by atoms with Crippen LogP contribution >= 0.6 is 7.82 Å². The van der Waals surface area contributed by atoms with Crippen LogP contribution in [0.25, 0.3) is 5.57 Å². The molecule has 3 rings (SSSR count). The van der Waals surface area contributed by atoms with Gasteiger partial charge in [0.05, 0.1) is 28.4 Å². The number of rotatable bonds is 7. The molecular weight excluding hydrogens is 411 g/mol. The number of phosphoric ester groups is 1. The van der Waals surface area contributed by atoms with Crippen LogP contribution in [0.2, 0.25) is 0 Å². The average Bonchev–Trinajstić information content (AvgIpc) is 2.94. The highest BCUT2D eigenvalue weighted by Gasteiger charge is 2.26. The SMILES string of the molecule is COc1cc(C2=CC=CCc3c2ccc(OC)c3OP(=O)(O)O)cc(OC)c1OC. The molecule has 0 atom stereocenters. The second-order valence-corrected chi connectivity index (χ2v) is 7.50.